The number of ether oxygens (including phenoxy) is 3. The van der Waals surface area contributed by atoms with Crippen LogP contribution in [0.3, 0.4) is 0 Å². The molecule has 0 bridgehead atoms. The molecule has 48 heavy (non-hydrogen) atoms. The zero-order chi connectivity index (χ0) is 33.9. The predicted octanol–water partition coefficient (Wildman–Crippen LogP) is 5.57. The number of nitrogen functional groups attached to an aromatic ring is 2. The molecule has 6 heterocycles. The van der Waals surface area contributed by atoms with Gasteiger partial charge in [0.05, 0.1) is 58.7 Å². The van der Waals surface area contributed by atoms with Crippen LogP contribution >= 0.6 is 11.6 Å². The van der Waals surface area contributed by atoms with Crippen molar-refractivity contribution < 1.29 is 31.8 Å². The highest BCUT2D eigenvalue weighted by Gasteiger charge is 2.41. The Morgan fingerprint density at radius 1 is 1.10 bits per heavy atom. The first-order chi connectivity index (χ1) is 22.9. The Morgan fingerprint density at radius 2 is 1.92 bits per heavy atom. The van der Waals surface area contributed by atoms with Crippen LogP contribution in [0.15, 0.2) is 24.5 Å². The monoisotopic (exact) mass is 688 g/mol. The van der Waals surface area contributed by atoms with Crippen LogP contribution in [0.25, 0.3) is 22.2 Å². The number of aromatic nitrogens is 4. The zero-order valence-electron chi connectivity index (χ0n) is 26.2. The van der Waals surface area contributed by atoms with Gasteiger partial charge >= 0.3 is 12.2 Å². The number of alkyl halides is 3. The summed E-state index contributed by atoms with van der Waals surface area (Å²) in [6.45, 7) is 5.63. The van der Waals surface area contributed by atoms with Crippen LogP contribution in [0.1, 0.15) is 42.5 Å². The molecule has 0 aliphatic carbocycles. The molecule has 0 saturated carbocycles. The molecule has 2 saturated heterocycles. The summed E-state index contributed by atoms with van der Waals surface area (Å²) in [5.41, 5.74) is 9.96. The van der Waals surface area contributed by atoms with Gasteiger partial charge in [0, 0.05) is 31.0 Å². The standard InChI is InChI=1S/C32H33ClF4N8O3/c1-15-9-21(39)41-27(24(15)32(35,36)37)22-25(33)29-23-28(26(22)34)42-31(48-14-20-4-3-19-13-46-7-5-45(19)20)43-30(23)44(6-8-47-29)16(2)17-10-18(38)12-40-11-17/h9-12,16,19-20H,3-8,13-14,38H2,1-2H3,(H2,39,41)/t16-,19+,20+/m1/s1. The molecule has 4 N–H and O–H groups in total. The summed E-state index contributed by atoms with van der Waals surface area (Å²) in [4.78, 5) is 21.5. The summed E-state index contributed by atoms with van der Waals surface area (Å²) in [5.74, 6) is -1.23. The molecule has 16 heteroatoms. The van der Waals surface area contributed by atoms with Gasteiger partial charge in [-0.2, -0.15) is 23.1 Å². The number of nitrogens with zero attached hydrogens (tertiary/aromatic N) is 6. The van der Waals surface area contributed by atoms with Crippen LogP contribution in [0, 0.1) is 12.7 Å². The average Bonchev–Trinajstić information content (AvgIpc) is 3.35. The molecule has 1 aromatic carbocycles. The molecule has 3 atom stereocenters. The van der Waals surface area contributed by atoms with Crippen LogP contribution < -0.4 is 25.8 Å². The number of morpholine rings is 1. The molecule has 254 valence electrons. The molecular formula is C32H33ClF4N8O3. The summed E-state index contributed by atoms with van der Waals surface area (Å²) in [5, 5.41) is -0.330. The van der Waals surface area contributed by atoms with E-state index >= 15 is 4.39 Å². The summed E-state index contributed by atoms with van der Waals surface area (Å²) < 4.78 is 78.1. The second-order valence-electron chi connectivity index (χ2n) is 12.2. The van der Waals surface area contributed by atoms with Crippen molar-refractivity contribution in [3.05, 3.63) is 52.1 Å². The number of benzene rings is 1. The lowest BCUT2D eigenvalue weighted by molar-refractivity contribution is -0.137. The topological polar surface area (TPSA) is 138 Å². The highest BCUT2D eigenvalue weighted by Crippen LogP contribution is 2.50. The lowest BCUT2D eigenvalue weighted by Crippen LogP contribution is -2.46. The van der Waals surface area contributed by atoms with Crippen LogP contribution in [-0.2, 0) is 10.9 Å². The molecule has 2 fully saturated rings. The van der Waals surface area contributed by atoms with Crippen LogP contribution in [0.5, 0.6) is 11.8 Å². The van der Waals surface area contributed by atoms with Gasteiger partial charge in [0.15, 0.2) is 11.6 Å². The van der Waals surface area contributed by atoms with E-state index in [-0.39, 0.29) is 71.7 Å². The maximum absolute atomic E-state index is 16.9. The van der Waals surface area contributed by atoms with Gasteiger partial charge in [-0.15, -0.1) is 0 Å². The fourth-order valence-electron chi connectivity index (χ4n) is 7.00. The van der Waals surface area contributed by atoms with Crippen molar-refractivity contribution in [3.63, 3.8) is 0 Å². The Hall–Kier alpha value is -4.21. The van der Waals surface area contributed by atoms with Gasteiger partial charge in [-0.25, -0.2) is 9.37 Å². The number of anilines is 3. The van der Waals surface area contributed by atoms with Crippen molar-refractivity contribution in [2.24, 2.45) is 0 Å². The van der Waals surface area contributed by atoms with Crippen molar-refractivity contribution in [1.29, 1.82) is 0 Å². The SMILES string of the molecule is Cc1cc(N)nc(-c2c(Cl)c3c4c(nc(OC[C@@H]5CC[C@H]6COCCN65)nc4c2F)N([C@H](C)c2cncc(N)c2)CCO3)c1C(F)(F)F. The first-order valence-corrected chi connectivity index (χ1v) is 15.9. The van der Waals surface area contributed by atoms with Gasteiger partial charge in [-0.1, -0.05) is 11.6 Å². The fraction of sp³-hybridized carbons (Fsp3) is 0.438. The van der Waals surface area contributed by atoms with Crippen LogP contribution in [-0.4, -0.2) is 76.4 Å². The average molecular weight is 689 g/mol. The van der Waals surface area contributed by atoms with E-state index in [1.165, 1.54) is 13.1 Å². The fourth-order valence-corrected chi connectivity index (χ4v) is 7.32. The molecule has 0 unspecified atom stereocenters. The maximum atomic E-state index is 16.9. The third kappa shape index (κ3) is 5.66. The quantitative estimate of drug-likeness (QED) is 0.246. The van der Waals surface area contributed by atoms with Gasteiger partial charge in [0.2, 0.25) is 0 Å². The number of fused-ring (bicyclic) bond motifs is 1. The van der Waals surface area contributed by atoms with E-state index < -0.39 is 39.9 Å². The number of hydrogen-bond donors (Lipinski definition) is 2. The molecule has 3 aromatic heterocycles. The minimum atomic E-state index is -4.90. The molecule has 4 aromatic rings. The van der Waals surface area contributed by atoms with Gasteiger partial charge in [-0.05, 0) is 49.9 Å². The van der Waals surface area contributed by atoms with E-state index in [1.54, 1.807) is 12.3 Å². The number of nitrogens with two attached hydrogens (primary N) is 2. The summed E-state index contributed by atoms with van der Waals surface area (Å²) >= 11 is 6.79. The predicted molar refractivity (Wildman–Crippen MR) is 172 cm³/mol. The molecule has 3 aliphatic heterocycles. The third-order valence-electron chi connectivity index (χ3n) is 9.26. The number of hydrogen-bond acceptors (Lipinski definition) is 11. The zero-order valence-corrected chi connectivity index (χ0v) is 26.9. The van der Waals surface area contributed by atoms with Crippen molar-refractivity contribution in [3.8, 4) is 23.0 Å². The van der Waals surface area contributed by atoms with Crippen molar-refractivity contribution >= 4 is 39.8 Å². The number of aryl methyl sites for hydroxylation is 1. The first kappa shape index (κ1) is 32.3. The molecule has 3 aliphatic rings. The van der Waals surface area contributed by atoms with E-state index in [4.69, 9.17) is 42.3 Å². The van der Waals surface area contributed by atoms with E-state index in [1.807, 2.05) is 11.8 Å². The minimum absolute atomic E-state index is 0.0303. The summed E-state index contributed by atoms with van der Waals surface area (Å²) in [7, 11) is 0. The van der Waals surface area contributed by atoms with E-state index in [0.29, 0.717) is 18.9 Å². The van der Waals surface area contributed by atoms with Crippen molar-refractivity contribution in [2.45, 2.75) is 51.0 Å². The van der Waals surface area contributed by atoms with Gasteiger partial charge in [-0.3, -0.25) is 9.88 Å². The molecule has 7 rings (SSSR count). The summed E-state index contributed by atoms with van der Waals surface area (Å²) in [6, 6.07) is 2.64. The van der Waals surface area contributed by atoms with E-state index in [9.17, 15) is 13.2 Å². The lowest BCUT2D eigenvalue weighted by Gasteiger charge is -2.33. The largest absolute Gasteiger partial charge is 0.489 e. The Labute approximate surface area is 278 Å². The Bertz CT molecular complexity index is 1900. The third-order valence-corrected chi connectivity index (χ3v) is 9.62. The van der Waals surface area contributed by atoms with E-state index in [0.717, 1.165) is 31.0 Å². The second kappa shape index (κ2) is 12.3. The highest BCUT2D eigenvalue weighted by molar-refractivity contribution is 6.36. The Balaban J connectivity index is 1.42. The molecular weight excluding hydrogens is 656 g/mol. The number of halogens is 5. The Morgan fingerprint density at radius 3 is 2.69 bits per heavy atom. The van der Waals surface area contributed by atoms with Crippen molar-refractivity contribution in [2.75, 3.05) is 55.9 Å². The van der Waals surface area contributed by atoms with Gasteiger partial charge in [0.25, 0.3) is 0 Å². The molecule has 0 spiro atoms. The smallest absolute Gasteiger partial charge is 0.418 e. The van der Waals surface area contributed by atoms with Crippen LogP contribution in [0.2, 0.25) is 5.02 Å². The maximum Gasteiger partial charge on any atom is 0.418 e. The first-order valence-electron chi connectivity index (χ1n) is 15.6. The van der Waals surface area contributed by atoms with Gasteiger partial charge in [0.1, 0.15) is 30.4 Å². The lowest BCUT2D eigenvalue weighted by atomic mass is 9.98. The minimum Gasteiger partial charge on any atom is -0.489 e. The van der Waals surface area contributed by atoms with Crippen LogP contribution in [0.4, 0.5) is 34.9 Å². The molecule has 0 amide bonds. The highest BCUT2D eigenvalue weighted by atomic mass is 35.5. The Kier molecular flexibility index (Phi) is 8.32. The van der Waals surface area contributed by atoms with E-state index in [2.05, 4.69) is 19.9 Å². The number of pyridine rings is 2. The van der Waals surface area contributed by atoms with Crippen molar-refractivity contribution in [1.82, 2.24) is 24.8 Å². The molecule has 11 nitrogen and oxygen atoms in total. The normalized spacial score (nSPS) is 20.4. The molecule has 0 radical (unpaired) electrons. The summed E-state index contributed by atoms with van der Waals surface area (Å²) in [6.07, 6.45) is 0.0916. The van der Waals surface area contributed by atoms with Gasteiger partial charge < -0.3 is 30.6 Å². The second-order valence-corrected chi connectivity index (χ2v) is 12.6. The number of rotatable bonds is 6.